The predicted octanol–water partition coefficient (Wildman–Crippen LogP) is 2.28. The van der Waals surface area contributed by atoms with E-state index in [0.717, 1.165) is 18.4 Å². The van der Waals surface area contributed by atoms with Crippen LogP contribution in [0.1, 0.15) is 46.1 Å². The molecule has 2 heterocycles. The van der Waals surface area contributed by atoms with Crippen molar-refractivity contribution in [2.75, 3.05) is 6.54 Å². The van der Waals surface area contributed by atoms with Crippen LogP contribution in [0.2, 0.25) is 0 Å². The van der Waals surface area contributed by atoms with E-state index in [2.05, 4.69) is 57.3 Å². The van der Waals surface area contributed by atoms with E-state index in [1.165, 1.54) is 18.4 Å². The van der Waals surface area contributed by atoms with Crippen molar-refractivity contribution in [3.05, 3.63) is 29.8 Å². The lowest BCUT2D eigenvalue weighted by atomic mass is 9.78. The van der Waals surface area contributed by atoms with Gasteiger partial charge >= 0.3 is 7.12 Å². The van der Waals surface area contributed by atoms with Gasteiger partial charge in [-0.3, -0.25) is 0 Å². The van der Waals surface area contributed by atoms with Crippen molar-refractivity contribution in [1.29, 1.82) is 0 Å². The monoisotopic (exact) mass is 287 g/mol. The smallest absolute Gasteiger partial charge is 0.399 e. The molecule has 4 heteroatoms. The Labute approximate surface area is 128 Å². The quantitative estimate of drug-likeness (QED) is 0.865. The molecule has 2 aliphatic heterocycles. The third kappa shape index (κ3) is 3.03. The van der Waals surface area contributed by atoms with Gasteiger partial charge in [0.05, 0.1) is 11.2 Å². The van der Waals surface area contributed by atoms with Gasteiger partial charge < -0.3 is 14.6 Å². The number of nitrogens with one attached hydrogen (secondary N) is 1. The lowest BCUT2D eigenvalue weighted by Gasteiger charge is -2.32. The van der Waals surface area contributed by atoms with Gasteiger partial charge in [0.25, 0.3) is 0 Å². The van der Waals surface area contributed by atoms with Crippen LogP contribution in [0.15, 0.2) is 24.3 Å². The second-order valence-electron chi connectivity index (χ2n) is 7.33. The van der Waals surface area contributed by atoms with Gasteiger partial charge in [-0.25, -0.2) is 0 Å². The number of hydrogen-bond donors (Lipinski definition) is 1. The van der Waals surface area contributed by atoms with Crippen molar-refractivity contribution in [2.24, 2.45) is 0 Å². The Kier molecular flexibility index (Phi) is 3.89. The highest BCUT2D eigenvalue weighted by Gasteiger charge is 2.51. The van der Waals surface area contributed by atoms with E-state index < -0.39 is 0 Å². The summed E-state index contributed by atoms with van der Waals surface area (Å²) in [6.45, 7) is 9.52. The van der Waals surface area contributed by atoms with Crippen LogP contribution in [0, 0.1) is 0 Å². The summed E-state index contributed by atoms with van der Waals surface area (Å²) in [4.78, 5) is 0. The van der Waals surface area contributed by atoms with Gasteiger partial charge in [-0.15, -0.1) is 0 Å². The molecule has 1 aromatic carbocycles. The fraction of sp³-hybridized carbons (Fsp3) is 0.647. The molecule has 3 nitrogen and oxygen atoms in total. The fourth-order valence-electron chi connectivity index (χ4n) is 3.01. The molecule has 114 valence electrons. The zero-order chi connectivity index (χ0) is 15.1. The van der Waals surface area contributed by atoms with E-state index in [1.807, 2.05) is 0 Å². The van der Waals surface area contributed by atoms with E-state index >= 15 is 0 Å². The normalized spacial score (nSPS) is 27.2. The van der Waals surface area contributed by atoms with Crippen LogP contribution in [-0.4, -0.2) is 30.9 Å². The summed E-state index contributed by atoms with van der Waals surface area (Å²) in [5, 5.41) is 3.55. The zero-order valence-electron chi connectivity index (χ0n) is 13.6. The summed E-state index contributed by atoms with van der Waals surface area (Å²) in [6, 6.07) is 9.35. The summed E-state index contributed by atoms with van der Waals surface area (Å²) in [5.41, 5.74) is 1.94. The van der Waals surface area contributed by atoms with Crippen LogP contribution in [-0.2, 0) is 15.7 Å². The summed E-state index contributed by atoms with van der Waals surface area (Å²) < 4.78 is 12.2. The second kappa shape index (κ2) is 5.42. The maximum Gasteiger partial charge on any atom is 0.494 e. The van der Waals surface area contributed by atoms with Crippen LogP contribution >= 0.6 is 0 Å². The Morgan fingerprint density at radius 3 is 2.24 bits per heavy atom. The molecule has 21 heavy (non-hydrogen) atoms. The highest BCUT2D eigenvalue weighted by Crippen LogP contribution is 2.36. The van der Waals surface area contributed by atoms with E-state index in [1.54, 1.807) is 0 Å². The molecular weight excluding hydrogens is 261 g/mol. The molecule has 0 radical (unpaired) electrons. The molecule has 1 atom stereocenters. The Bertz CT molecular complexity index is 476. The Morgan fingerprint density at radius 1 is 1.10 bits per heavy atom. The molecule has 0 aromatic heterocycles. The molecular formula is C17H26BNO2. The number of rotatable bonds is 3. The third-order valence-corrected chi connectivity index (χ3v) is 5.15. The first-order chi connectivity index (χ1) is 9.87. The molecule has 2 fully saturated rings. The largest absolute Gasteiger partial charge is 0.494 e. The van der Waals surface area contributed by atoms with Crippen LogP contribution in [0.3, 0.4) is 0 Å². The van der Waals surface area contributed by atoms with Gasteiger partial charge in [-0.2, -0.15) is 0 Å². The molecule has 0 aliphatic carbocycles. The first kappa shape index (κ1) is 15.1. The summed E-state index contributed by atoms with van der Waals surface area (Å²) >= 11 is 0. The molecule has 0 amide bonds. The lowest BCUT2D eigenvalue weighted by molar-refractivity contribution is 0.00578. The lowest BCUT2D eigenvalue weighted by Crippen LogP contribution is -2.41. The van der Waals surface area contributed by atoms with Gasteiger partial charge in [0.15, 0.2) is 0 Å². The van der Waals surface area contributed by atoms with Crippen LogP contribution < -0.4 is 10.8 Å². The SMILES string of the molecule is CC1(C)OB(c2ccc(CC3CCCN3)cc2)OC1(C)C. The van der Waals surface area contributed by atoms with Crippen LogP contribution in [0.25, 0.3) is 0 Å². The van der Waals surface area contributed by atoms with Crippen molar-refractivity contribution in [3.63, 3.8) is 0 Å². The molecule has 1 unspecified atom stereocenters. The Hall–Kier alpha value is -0.835. The molecule has 2 aliphatic rings. The Balaban J connectivity index is 1.67. The highest BCUT2D eigenvalue weighted by molar-refractivity contribution is 6.62. The van der Waals surface area contributed by atoms with Crippen molar-refractivity contribution < 1.29 is 9.31 Å². The number of hydrogen-bond acceptors (Lipinski definition) is 3. The summed E-state index contributed by atoms with van der Waals surface area (Å²) in [7, 11) is -0.256. The van der Waals surface area contributed by atoms with Gasteiger partial charge in [0.1, 0.15) is 0 Å². The predicted molar refractivity (Wildman–Crippen MR) is 86.9 cm³/mol. The summed E-state index contributed by atoms with van der Waals surface area (Å²) in [6.07, 6.45) is 3.71. The highest BCUT2D eigenvalue weighted by atomic mass is 16.7. The van der Waals surface area contributed by atoms with Gasteiger partial charge in [0.2, 0.25) is 0 Å². The number of benzene rings is 1. The third-order valence-electron chi connectivity index (χ3n) is 5.15. The average Bonchev–Trinajstić information content (AvgIpc) is 2.97. The minimum Gasteiger partial charge on any atom is -0.399 e. The maximum atomic E-state index is 6.09. The molecule has 2 saturated heterocycles. The van der Waals surface area contributed by atoms with E-state index in [0.29, 0.717) is 6.04 Å². The summed E-state index contributed by atoms with van der Waals surface area (Å²) in [5.74, 6) is 0. The van der Waals surface area contributed by atoms with Crippen molar-refractivity contribution in [2.45, 2.75) is 64.2 Å². The second-order valence-corrected chi connectivity index (χ2v) is 7.33. The van der Waals surface area contributed by atoms with E-state index in [4.69, 9.17) is 9.31 Å². The van der Waals surface area contributed by atoms with Crippen LogP contribution in [0.4, 0.5) is 0 Å². The minimum atomic E-state index is -0.274. The van der Waals surface area contributed by atoms with Crippen molar-refractivity contribution in [1.82, 2.24) is 5.32 Å². The van der Waals surface area contributed by atoms with Crippen LogP contribution in [0.5, 0.6) is 0 Å². The molecule has 0 saturated carbocycles. The molecule has 3 rings (SSSR count). The fourth-order valence-corrected chi connectivity index (χ4v) is 3.01. The molecule has 1 aromatic rings. The topological polar surface area (TPSA) is 30.5 Å². The molecule has 0 spiro atoms. The standard InChI is InChI=1S/C17H26BNO2/c1-16(2)17(3,4)21-18(20-16)14-9-7-13(8-10-14)12-15-6-5-11-19-15/h7-10,15,19H,5-6,11-12H2,1-4H3. The minimum absolute atomic E-state index is 0.256. The first-order valence-corrected chi connectivity index (χ1v) is 8.05. The maximum absolute atomic E-state index is 6.09. The molecule has 0 bridgehead atoms. The Morgan fingerprint density at radius 2 is 1.71 bits per heavy atom. The first-order valence-electron chi connectivity index (χ1n) is 8.05. The molecule has 1 N–H and O–H groups in total. The van der Waals surface area contributed by atoms with Gasteiger partial charge in [-0.05, 0) is 64.5 Å². The van der Waals surface area contributed by atoms with E-state index in [9.17, 15) is 0 Å². The average molecular weight is 287 g/mol. The van der Waals surface area contributed by atoms with Gasteiger partial charge in [0, 0.05) is 6.04 Å². The van der Waals surface area contributed by atoms with Gasteiger partial charge in [-0.1, -0.05) is 24.3 Å². The van der Waals surface area contributed by atoms with Crippen molar-refractivity contribution in [3.8, 4) is 0 Å². The zero-order valence-corrected chi connectivity index (χ0v) is 13.6. The van der Waals surface area contributed by atoms with E-state index in [-0.39, 0.29) is 18.3 Å². The van der Waals surface area contributed by atoms with Crippen molar-refractivity contribution >= 4 is 12.6 Å².